The lowest BCUT2D eigenvalue weighted by molar-refractivity contribution is -0.151. The second kappa shape index (κ2) is 14.6. The number of benzene rings is 3. The van der Waals surface area contributed by atoms with Crippen molar-refractivity contribution < 1.29 is 14.0 Å². The normalized spacial score (nSPS) is 13.2. The van der Waals surface area contributed by atoms with Gasteiger partial charge in [-0.3, -0.25) is 0 Å². The van der Waals surface area contributed by atoms with Crippen LogP contribution >= 0.6 is 7.26 Å². The van der Waals surface area contributed by atoms with Gasteiger partial charge in [-0.05, 0) is 78.9 Å². The molecule has 0 saturated heterocycles. The third-order valence-corrected chi connectivity index (χ3v) is 17.3. The molecule has 3 rings (SSSR count). The lowest BCUT2D eigenvalue weighted by Gasteiger charge is -2.39. The van der Waals surface area contributed by atoms with Gasteiger partial charge in [0.1, 0.15) is 35.9 Å². The molecule has 0 aliphatic carbocycles. The monoisotopic (exact) mass is 589 g/mol. The van der Waals surface area contributed by atoms with Gasteiger partial charge in [-0.2, -0.15) is 0 Å². The van der Waals surface area contributed by atoms with Crippen molar-refractivity contribution in [1.29, 1.82) is 0 Å². The first-order valence-corrected chi connectivity index (χ1v) is 19.8. The highest BCUT2D eigenvalue weighted by molar-refractivity contribution is 7.95. The van der Waals surface area contributed by atoms with Crippen molar-refractivity contribution in [2.24, 2.45) is 5.92 Å². The van der Waals surface area contributed by atoms with Gasteiger partial charge in [-0.15, -0.1) is 0 Å². The maximum atomic E-state index is 13.8. The van der Waals surface area contributed by atoms with Crippen LogP contribution in [0.5, 0.6) is 0 Å². The maximum Gasteiger partial charge on any atom is 0.334 e. The van der Waals surface area contributed by atoms with Gasteiger partial charge in [-0.1, -0.05) is 95.8 Å². The molecule has 0 N–H and O–H groups in total. The fourth-order valence-corrected chi connectivity index (χ4v) is 10.4. The van der Waals surface area contributed by atoms with Crippen LogP contribution in [-0.2, 0) is 14.0 Å². The Balaban J connectivity index is 2.01. The zero-order chi connectivity index (χ0) is 30.1. The average molecular weight is 590 g/mol. The Morgan fingerprint density at radius 1 is 0.805 bits per heavy atom. The van der Waals surface area contributed by atoms with Crippen molar-refractivity contribution in [3.8, 4) is 0 Å². The molecule has 0 spiro atoms. The topological polar surface area (TPSA) is 35.5 Å². The van der Waals surface area contributed by atoms with Gasteiger partial charge >= 0.3 is 5.97 Å². The molecular formula is C36H50O3PSi+. The lowest BCUT2D eigenvalue weighted by atomic mass is 10.0. The molecule has 0 aliphatic rings. The van der Waals surface area contributed by atoms with E-state index in [1.165, 1.54) is 15.9 Å². The first-order valence-electron chi connectivity index (χ1n) is 14.9. The SMILES string of the molecule is C=C(CCC(C)C)COC(=O)[C@H](CC[P+](c1ccccc1)(c1ccccc1)c1ccccc1)O[Si](C)(C)C(C)(C)C. The van der Waals surface area contributed by atoms with Gasteiger partial charge in [0.2, 0.25) is 0 Å². The van der Waals surface area contributed by atoms with Crippen molar-refractivity contribution in [3.05, 3.63) is 103 Å². The maximum absolute atomic E-state index is 13.8. The van der Waals surface area contributed by atoms with Crippen LogP contribution in [-0.4, -0.2) is 33.2 Å². The van der Waals surface area contributed by atoms with Crippen LogP contribution in [0.3, 0.4) is 0 Å². The highest BCUT2D eigenvalue weighted by atomic mass is 31.2. The Morgan fingerprint density at radius 2 is 1.24 bits per heavy atom. The second-order valence-electron chi connectivity index (χ2n) is 13.0. The summed E-state index contributed by atoms with van der Waals surface area (Å²) in [5, 5.41) is 3.88. The van der Waals surface area contributed by atoms with Crippen LogP contribution in [0.25, 0.3) is 0 Å². The molecule has 0 heterocycles. The molecule has 0 radical (unpaired) electrons. The zero-order valence-electron chi connectivity index (χ0n) is 26.2. The Kier molecular flexibility index (Phi) is 11.7. The molecule has 5 heteroatoms. The Morgan fingerprint density at radius 3 is 1.63 bits per heavy atom. The van der Waals surface area contributed by atoms with Gasteiger partial charge in [0.05, 0.1) is 6.16 Å². The van der Waals surface area contributed by atoms with Crippen molar-refractivity contribution in [1.82, 2.24) is 0 Å². The van der Waals surface area contributed by atoms with E-state index in [0.717, 1.165) is 24.6 Å². The van der Waals surface area contributed by atoms with Gasteiger partial charge in [-0.25, -0.2) is 4.79 Å². The van der Waals surface area contributed by atoms with E-state index in [1.807, 2.05) is 0 Å². The van der Waals surface area contributed by atoms with E-state index < -0.39 is 21.7 Å². The largest absolute Gasteiger partial charge is 0.459 e. The molecule has 0 amide bonds. The molecule has 1 atom stereocenters. The number of carbonyl (C=O) groups excluding carboxylic acids is 1. The number of ether oxygens (including phenoxy) is 1. The van der Waals surface area contributed by atoms with Crippen LogP contribution < -0.4 is 15.9 Å². The first kappa shape index (κ1) is 33.0. The summed E-state index contributed by atoms with van der Waals surface area (Å²) in [7, 11) is -4.36. The van der Waals surface area contributed by atoms with E-state index in [0.29, 0.717) is 12.3 Å². The molecule has 3 nitrogen and oxygen atoms in total. The fraction of sp³-hybridized carbons (Fsp3) is 0.417. The van der Waals surface area contributed by atoms with Crippen LogP contribution in [0, 0.1) is 5.92 Å². The zero-order valence-corrected chi connectivity index (χ0v) is 28.1. The lowest BCUT2D eigenvalue weighted by Crippen LogP contribution is -2.47. The van der Waals surface area contributed by atoms with E-state index in [4.69, 9.17) is 9.16 Å². The minimum Gasteiger partial charge on any atom is -0.459 e. The smallest absolute Gasteiger partial charge is 0.334 e. The number of rotatable bonds is 14. The molecule has 3 aromatic carbocycles. The molecule has 0 unspecified atom stereocenters. The van der Waals surface area contributed by atoms with Crippen LogP contribution in [0.1, 0.15) is 53.9 Å². The number of hydrogen-bond donors (Lipinski definition) is 0. The average Bonchev–Trinajstić information content (AvgIpc) is 2.95. The minimum atomic E-state index is -2.26. The minimum absolute atomic E-state index is 0.0308. The molecule has 0 bridgehead atoms. The fourth-order valence-electron chi connectivity index (χ4n) is 4.78. The van der Waals surface area contributed by atoms with Crippen LogP contribution in [0.15, 0.2) is 103 Å². The van der Waals surface area contributed by atoms with E-state index in [1.54, 1.807) is 0 Å². The van der Waals surface area contributed by atoms with Crippen molar-refractivity contribution in [2.45, 2.75) is 78.1 Å². The number of carbonyl (C=O) groups is 1. The van der Waals surface area contributed by atoms with Crippen molar-refractivity contribution in [3.63, 3.8) is 0 Å². The Labute approximate surface area is 250 Å². The predicted octanol–water partition coefficient (Wildman–Crippen LogP) is 8.30. The molecule has 3 aromatic rings. The summed E-state index contributed by atoms with van der Waals surface area (Å²) in [6, 6.07) is 32.4. The van der Waals surface area contributed by atoms with E-state index in [9.17, 15) is 4.79 Å². The molecule has 0 aromatic heterocycles. The van der Waals surface area contributed by atoms with Crippen LogP contribution in [0.4, 0.5) is 0 Å². The first-order chi connectivity index (χ1) is 19.4. The summed E-state index contributed by atoms with van der Waals surface area (Å²) in [6.07, 6.45) is 2.65. The molecule has 0 aliphatic heterocycles. The highest BCUT2D eigenvalue weighted by Gasteiger charge is 2.47. The molecule has 220 valence electrons. The van der Waals surface area contributed by atoms with Gasteiger partial charge < -0.3 is 9.16 Å². The molecule has 0 fully saturated rings. The van der Waals surface area contributed by atoms with Gasteiger partial charge in [0, 0.05) is 6.42 Å². The summed E-state index contributed by atoms with van der Waals surface area (Å²) >= 11 is 0. The van der Waals surface area contributed by atoms with E-state index in [2.05, 4.69) is 145 Å². The second-order valence-corrected chi connectivity index (χ2v) is 21.4. The molecule has 41 heavy (non-hydrogen) atoms. The summed E-state index contributed by atoms with van der Waals surface area (Å²) in [4.78, 5) is 13.8. The number of esters is 1. The summed E-state index contributed by atoms with van der Waals surface area (Å²) in [5.74, 6) is 0.316. The molecule has 0 saturated carbocycles. The highest BCUT2D eigenvalue weighted by Crippen LogP contribution is 2.56. The number of hydrogen-bond acceptors (Lipinski definition) is 3. The standard InChI is InChI=1S/C36H50O3PSi/c1-29(2)24-25-30(3)28-38-35(37)34(39-41(7,8)36(4,5)6)26-27-40(31-18-12-9-13-19-31,32-20-14-10-15-21-32)33-22-16-11-17-23-33/h9-23,29,34H,3,24-28H2,1-2,4-8H3/q+1/t34-/m0/s1. The van der Waals surface area contributed by atoms with Gasteiger partial charge in [0.25, 0.3) is 0 Å². The van der Waals surface area contributed by atoms with E-state index in [-0.39, 0.29) is 17.6 Å². The third-order valence-electron chi connectivity index (χ3n) is 8.32. The summed E-state index contributed by atoms with van der Waals surface area (Å²) in [6.45, 7) is 19.9. The Bertz CT molecular complexity index is 1140. The van der Waals surface area contributed by atoms with Gasteiger partial charge in [0.15, 0.2) is 8.32 Å². The summed E-state index contributed by atoms with van der Waals surface area (Å²) < 4.78 is 12.8. The third kappa shape index (κ3) is 8.74. The molecular weight excluding hydrogens is 539 g/mol. The predicted molar refractivity (Wildman–Crippen MR) is 181 cm³/mol. The summed E-state index contributed by atoms with van der Waals surface area (Å²) in [5.41, 5.74) is 0.956. The van der Waals surface area contributed by atoms with E-state index >= 15 is 0 Å². The van der Waals surface area contributed by atoms with Crippen molar-refractivity contribution >= 4 is 37.5 Å². The van der Waals surface area contributed by atoms with Crippen molar-refractivity contribution in [2.75, 3.05) is 12.8 Å². The van der Waals surface area contributed by atoms with Crippen LogP contribution in [0.2, 0.25) is 18.1 Å². The Hall–Kier alpha value is -2.52. The quantitative estimate of drug-likeness (QED) is 0.0821.